The Morgan fingerprint density at radius 3 is 2.15 bits per heavy atom. The summed E-state index contributed by atoms with van der Waals surface area (Å²) < 4.78 is 88.0. The van der Waals surface area contributed by atoms with Gasteiger partial charge in [-0.3, -0.25) is 9.80 Å². The Bertz CT molecular complexity index is 1900. The number of pyridine rings is 1. The van der Waals surface area contributed by atoms with Crippen molar-refractivity contribution in [3.63, 3.8) is 0 Å². The molecule has 0 radical (unpaired) electrons. The summed E-state index contributed by atoms with van der Waals surface area (Å²) in [6, 6.07) is 15.1. The van der Waals surface area contributed by atoms with Crippen molar-refractivity contribution in [3.8, 4) is 11.5 Å². The number of amides is 1. The average molecular weight is 799 g/mol. The van der Waals surface area contributed by atoms with Crippen LogP contribution in [0.15, 0.2) is 79.1 Å². The highest BCUT2D eigenvalue weighted by Crippen LogP contribution is 2.37. The summed E-state index contributed by atoms with van der Waals surface area (Å²) in [4.78, 5) is 33.3. The van der Waals surface area contributed by atoms with Crippen LogP contribution in [0.1, 0.15) is 46.0 Å². The molecule has 0 saturated carbocycles. The number of carbonyl (C=O) groups is 2. The summed E-state index contributed by atoms with van der Waals surface area (Å²) in [5.41, 5.74) is 1.04. The molecule has 3 fully saturated rings. The fraction of sp³-hybridized carbons (Fsp3) is 0.324. The number of hydrogen-bond donors (Lipinski definition) is 0. The van der Waals surface area contributed by atoms with Crippen LogP contribution in [0, 0.1) is 11.7 Å². The number of H-pyrrole nitrogens is 1. The first-order valence-corrected chi connectivity index (χ1v) is 17.3. The van der Waals surface area contributed by atoms with Gasteiger partial charge in [-0.1, -0.05) is 53.5 Å². The molecule has 0 unspecified atom stereocenters. The maximum Gasteiger partial charge on any atom is 0.415 e. The summed E-state index contributed by atoms with van der Waals surface area (Å²) in [5, 5.41) is 0.354. The number of nitrogens with zero attached hydrogens (tertiary/aromatic N) is 2. The van der Waals surface area contributed by atoms with Crippen LogP contribution in [-0.4, -0.2) is 61.4 Å². The topological polar surface area (TPSA) is 122 Å². The molecule has 4 heterocycles. The number of anilines is 1. The van der Waals surface area contributed by atoms with Gasteiger partial charge in [-0.15, -0.1) is 0 Å². The maximum absolute atomic E-state index is 15.0. The lowest BCUT2D eigenvalue weighted by atomic mass is 9.86. The molecule has 3 saturated heterocycles. The van der Waals surface area contributed by atoms with Crippen molar-refractivity contribution in [2.24, 2.45) is 5.92 Å². The number of halogens is 7. The van der Waals surface area contributed by atoms with Gasteiger partial charge in [-0.2, -0.15) is 17.6 Å². The van der Waals surface area contributed by atoms with Gasteiger partial charge in [0.15, 0.2) is 23.9 Å². The number of carbonyl (C=O) groups excluding carboxylic acids is 2. The fourth-order valence-electron chi connectivity index (χ4n) is 6.47. The van der Waals surface area contributed by atoms with E-state index in [1.54, 1.807) is 18.2 Å². The molecule has 2 bridgehead atoms. The Morgan fingerprint density at radius 1 is 0.889 bits per heavy atom. The number of para-hydroxylation sites is 1. The van der Waals surface area contributed by atoms with Gasteiger partial charge in [0.25, 0.3) is 0 Å². The van der Waals surface area contributed by atoms with Gasteiger partial charge in [0, 0.05) is 18.5 Å². The standard InChI is InChI=1S/C37H32Cl2F5N3O6.H2O/c38-26-17-45-18-27(39)25(26)16-31(24-9-10-30(51-35(41)42)32(15-24)52-36(43)44)50-34(48)23-7-5-21(6-8-23)19-47(29-4-2-1-3-28(29)40)37(49)53-33-20-46-13-11-22(33)12-14-46;/h1-10,15,17-18,22,31,33,35-36H,11-14,16,19-20H2;1H2/t31-,33+;/m1./s1. The highest BCUT2D eigenvalue weighted by molar-refractivity contribution is 6.35. The second-order valence-corrected chi connectivity index (χ2v) is 13.3. The van der Waals surface area contributed by atoms with Crippen molar-refractivity contribution in [2.75, 3.05) is 24.5 Å². The molecule has 3 aliphatic rings. The molecule has 0 aliphatic carbocycles. The Hall–Kier alpha value is -4.70. The van der Waals surface area contributed by atoms with E-state index in [1.807, 2.05) is 0 Å². The summed E-state index contributed by atoms with van der Waals surface area (Å²) in [6.07, 6.45) is 2.31. The second kappa shape index (κ2) is 18.1. The lowest BCUT2D eigenvalue weighted by Gasteiger charge is -2.44. The number of nitrogens with one attached hydrogen (secondary N) is 1. The third-order valence-electron chi connectivity index (χ3n) is 9.15. The van der Waals surface area contributed by atoms with Gasteiger partial charge >= 0.3 is 25.3 Å². The van der Waals surface area contributed by atoms with Crippen LogP contribution in [0.2, 0.25) is 10.0 Å². The first-order chi connectivity index (χ1) is 25.4. The predicted molar refractivity (Wildman–Crippen MR) is 185 cm³/mol. The van der Waals surface area contributed by atoms with Gasteiger partial charge in [-0.05, 0) is 79.4 Å². The number of piperidine rings is 3. The van der Waals surface area contributed by atoms with E-state index in [-0.39, 0.29) is 57.3 Å². The van der Waals surface area contributed by atoms with Crippen molar-refractivity contribution >= 4 is 41.0 Å². The quantitative estimate of drug-likeness (QED) is 0.0978. The normalized spacial score (nSPS) is 18.1. The first-order valence-electron chi connectivity index (χ1n) is 16.6. The average Bonchev–Trinajstić information content (AvgIpc) is 3.13. The third-order valence-corrected chi connectivity index (χ3v) is 9.82. The smallest absolute Gasteiger partial charge is 0.415 e. The van der Waals surface area contributed by atoms with Crippen LogP contribution in [0.25, 0.3) is 0 Å². The fourth-order valence-corrected chi connectivity index (χ4v) is 7.01. The van der Waals surface area contributed by atoms with Crippen LogP contribution in [-0.2, 0) is 22.4 Å². The van der Waals surface area contributed by atoms with E-state index in [0.29, 0.717) is 17.7 Å². The van der Waals surface area contributed by atoms with Gasteiger partial charge in [0.05, 0.1) is 17.8 Å². The van der Waals surface area contributed by atoms with E-state index in [9.17, 15) is 27.2 Å². The first kappa shape index (κ1) is 40.5. The van der Waals surface area contributed by atoms with Gasteiger partial charge in [0.2, 0.25) is 0 Å². The summed E-state index contributed by atoms with van der Waals surface area (Å²) in [7, 11) is 0. The molecule has 288 valence electrons. The lowest BCUT2D eigenvalue weighted by molar-refractivity contribution is -0.377. The predicted octanol–water partition coefficient (Wildman–Crippen LogP) is 8.35. The molecule has 54 heavy (non-hydrogen) atoms. The largest absolute Gasteiger partial charge is 0.870 e. The number of benzene rings is 3. The van der Waals surface area contributed by atoms with E-state index >= 15 is 4.39 Å². The summed E-state index contributed by atoms with van der Waals surface area (Å²) in [5.74, 6) is -2.61. The molecule has 4 aromatic rings. The third kappa shape index (κ3) is 9.88. The van der Waals surface area contributed by atoms with Crippen LogP contribution >= 0.6 is 23.2 Å². The SMILES string of the molecule is O=C(O[C@H](Cc1c(Cl)c[nH+]cc1Cl)c1ccc(OC(F)F)c(OC(F)F)c1)c1ccc(CN(C(=O)O[C@H]2CN3CCC2CC3)c2ccccc2F)cc1.[OH-]. The maximum atomic E-state index is 15.0. The van der Waals surface area contributed by atoms with Gasteiger partial charge in [0.1, 0.15) is 28.1 Å². The minimum Gasteiger partial charge on any atom is -0.870 e. The minimum atomic E-state index is -3.38. The monoisotopic (exact) mass is 797 g/mol. The molecule has 3 aromatic carbocycles. The number of aromatic nitrogens is 1. The summed E-state index contributed by atoms with van der Waals surface area (Å²) in [6.45, 7) is -4.27. The van der Waals surface area contributed by atoms with Gasteiger partial charge < -0.3 is 24.4 Å². The second-order valence-electron chi connectivity index (χ2n) is 12.5. The zero-order chi connectivity index (χ0) is 37.6. The van der Waals surface area contributed by atoms with Crippen LogP contribution < -0.4 is 19.4 Å². The van der Waals surface area contributed by atoms with Gasteiger partial charge in [-0.25, -0.2) is 19.0 Å². The number of hydrogen-bond acceptors (Lipinski definition) is 8. The van der Waals surface area contributed by atoms with Crippen LogP contribution in [0.5, 0.6) is 11.5 Å². The van der Waals surface area contributed by atoms with E-state index in [4.69, 9.17) is 32.7 Å². The van der Waals surface area contributed by atoms with Crippen molar-refractivity contribution < 1.29 is 60.9 Å². The van der Waals surface area contributed by atoms with Crippen molar-refractivity contribution in [1.82, 2.24) is 4.90 Å². The molecule has 17 heteroatoms. The van der Waals surface area contributed by atoms with Crippen LogP contribution in [0.4, 0.5) is 32.4 Å². The van der Waals surface area contributed by atoms with Crippen molar-refractivity contribution in [1.29, 1.82) is 0 Å². The van der Waals surface area contributed by atoms with Crippen LogP contribution in [0.3, 0.4) is 0 Å². The molecule has 3 aliphatic heterocycles. The number of alkyl halides is 4. The Balaban J connectivity index is 0.00000561. The number of ether oxygens (including phenoxy) is 4. The number of rotatable bonds is 13. The highest BCUT2D eigenvalue weighted by atomic mass is 35.5. The Kier molecular flexibility index (Phi) is 13.6. The Morgan fingerprint density at radius 2 is 1.54 bits per heavy atom. The van der Waals surface area contributed by atoms with Crippen molar-refractivity contribution in [3.05, 3.63) is 117 Å². The zero-order valence-electron chi connectivity index (χ0n) is 28.3. The molecule has 2 atom stereocenters. The molecule has 0 spiro atoms. The number of esters is 1. The number of fused-ring (bicyclic) bond motifs is 3. The zero-order valence-corrected chi connectivity index (χ0v) is 29.8. The van der Waals surface area contributed by atoms with Crippen molar-refractivity contribution in [2.45, 2.75) is 51.2 Å². The van der Waals surface area contributed by atoms with E-state index in [2.05, 4.69) is 19.4 Å². The highest BCUT2D eigenvalue weighted by Gasteiger charge is 2.38. The molecule has 7 rings (SSSR count). The molecule has 1 aromatic heterocycles. The summed E-state index contributed by atoms with van der Waals surface area (Å²) >= 11 is 12.7. The number of aromatic amines is 1. The minimum absolute atomic E-state index is 0. The lowest BCUT2D eigenvalue weighted by Crippen LogP contribution is -2.53. The van der Waals surface area contributed by atoms with E-state index < -0.39 is 48.7 Å². The molecule has 1 amide bonds. The molecule has 10 nitrogen and oxygen atoms in total. The Labute approximate surface area is 316 Å². The van der Waals surface area contributed by atoms with E-state index in [0.717, 1.165) is 38.1 Å². The molecular weight excluding hydrogens is 764 g/mol. The van der Waals surface area contributed by atoms with E-state index in [1.165, 1.54) is 53.7 Å². The molecule has 2 N–H and O–H groups in total. The molecular formula is C37H34Cl2F5N3O7.